The molecule has 0 fully saturated rings. The van der Waals surface area contributed by atoms with Crippen LogP contribution in [0.4, 0.5) is 5.82 Å². The molecular weight excluding hydrogens is 226 g/mol. The van der Waals surface area contributed by atoms with Crippen molar-refractivity contribution < 1.29 is 4.74 Å². The average molecular weight is 245 g/mol. The quantitative estimate of drug-likeness (QED) is 0.884. The molecule has 4 heteroatoms. The summed E-state index contributed by atoms with van der Waals surface area (Å²) >= 11 is 0. The van der Waals surface area contributed by atoms with Crippen molar-refractivity contribution in [3.8, 4) is 16.9 Å². The minimum absolute atomic E-state index is 0.682. The molecule has 96 valence electrons. The molecule has 0 bridgehead atoms. The average Bonchev–Trinajstić information content (AvgIpc) is 2.66. The molecule has 4 nitrogen and oxygen atoms in total. The fourth-order valence-electron chi connectivity index (χ4n) is 2.31. The fourth-order valence-corrected chi connectivity index (χ4v) is 2.31. The van der Waals surface area contributed by atoms with Gasteiger partial charge >= 0.3 is 0 Å². The zero-order chi connectivity index (χ0) is 13.4. The first-order valence-corrected chi connectivity index (χ1v) is 5.90. The van der Waals surface area contributed by atoms with Gasteiger partial charge in [-0.2, -0.15) is 5.10 Å². The molecule has 0 amide bonds. The molecule has 0 aliphatic heterocycles. The van der Waals surface area contributed by atoms with Crippen LogP contribution >= 0.6 is 0 Å². The molecule has 2 N–H and O–H groups in total. The Hall–Kier alpha value is -1.97. The van der Waals surface area contributed by atoms with Crippen LogP contribution in [0.5, 0.6) is 5.75 Å². The highest BCUT2D eigenvalue weighted by Gasteiger charge is 2.15. The molecule has 0 aliphatic rings. The molecule has 2 rings (SSSR count). The number of benzene rings is 1. The van der Waals surface area contributed by atoms with E-state index in [0.29, 0.717) is 5.82 Å². The van der Waals surface area contributed by atoms with E-state index in [0.717, 1.165) is 28.0 Å². The second-order valence-corrected chi connectivity index (χ2v) is 4.59. The highest BCUT2D eigenvalue weighted by molar-refractivity contribution is 5.78. The minimum atomic E-state index is 0.682. The Balaban J connectivity index is 2.70. The van der Waals surface area contributed by atoms with Gasteiger partial charge in [-0.05, 0) is 49.1 Å². The number of nitrogens with zero attached hydrogens (tertiary/aromatic N) is 2. The van der Waals surface area contributed by atoms with Crippen molar-refractivity contribution in [1.82, 2.24) is 9.78 Å². The first-order valence-electron chi connectivity index (χ1n) is 5.90. The van der Waals surface area contributed by atoms with E-state index in [9.17, 15) is 0 Å². The first-order chi connectivity index (χ1) is 8.47. The summed E-state index contributed by atoms with van der Waals surface area (Å²) in [6.45, 7) is 6.19. The normalized spacial score (nSPS) is 10.7. The number of methoxy groups -OCH3 is 1. The van der Waals surface area contributed by atoms with E-state index in [4.69, 9.17) is 10.5 Å². The van der Waals surface area contributed by atoms with Gasteiger partial charge in [-0.25, -0.2) is 0 Å². The van der Waals surface area contributed by atoms with Gasteiger partial charge < -0.3 is 10.5 Å². The Morgan fingerprint density at radius 2 is 1.83 bits per heavy atom. The number of rotatable bonds is 2. The number of anilines is 1. The monoisotopic (exact) mass is 245 g/mol. The number of nitrogens with two attached hydrogens (primary N) is 1. The third-order valence-corrected chi connectivity index (χ3v) is 3.51. The zero-order valence-corrected chi connectivity index (χ0v) is 11.5. The van der Waals surface area contributed by atoms with Crippen molar-refractivity contribution in [2.75, 3.05) is 12.8 Å². The van der Waals surface area contributed by atoms with E-state index >= 15 is 0 Å². The van der Waals surface area contributed by atoms with E-state index in [1.165, 1.54) is 5.56 Å². The Morgan fingerprint density at radius 1 is 1.17 bits per heavy atom. The second-order valence-electron chi connectivity index (χ2n) is 4.59. The highest BCUT2D eigenvalue weighted by atomic mass is 16.5. The Labute approximate surface area is 107 Å². The van der Waals surface area contributed by atoms with Crippen LogP contribution in [0.15, 0.2) is 12.3 Å². The van der Waals surface area contributed by atoms with Gasteiger partial charge in [-0.1, -0.05) is 0 Å². The predicted octanol–water partition coefficient (Wildman–Crippen LogP) is 2.60. The summed E-state index contributed by atoms with van der Waals surface area (Å²) in [6.07, 6.45) is 1.81. The van der Waals surface area contributed by atoms with E-state index in [1.807, 2.05) is 20.2 Å². The van der Waals surface area contributed by atoms with E-state index in [-0.39, 0.29) is 0 Å². The maximum absolute atomic E-state index is 6.04. The van der Waals surface area contributed by atoms with Crippen molar-refractivity contribution in [3.05, 3.63) is 29.0 Å². The second kappa shape index (κ2) is 4.37. The summed E-state index contributed by atoms with van der Waals surface area (Å²) < 4.78 is 7.12. The molecule has 18 heavy (non-hydrogen) atoms. The summed E-state index contributed by atoms with van der Waals surface area (Å²) in [5.41, 5.74) is 11.6. The summed E-state index contributed by atoms with van der Waals surface area (Å²) in [5.74, 6) is 1.63. The van der Waals surface area contributed by atoms with Gasteiger partial charge in [0, 0.05) is 12.6 Å². The van der Waals surface area contributed by atoms with E-state index < -0.39 is 0 Å². The molecule has 0 radical (unpaired) electrons. The van der Waals surface area contributed by atoms with Crippen LogP contribution in [0.2, 0.25) is 0 Å². The Morgan fingerprint density at radius 3 is 2.33 bits per heavy atom. The zero-order valence-electron chi connectivity index (χ0n) is 11.5. The molecule has 0 aliphatic carbocycles. The van der Waals surface area contributed by atoms with Gasteiger partial charge in [0.25, 0.3) is 0 Å². The Bertz CT molecular complexity index is 600. The fraction of sp³-hybridized carbons (Fsp3) is 0.357. The SMILES string of the molecule is COc1c(C)cc(-c2cnn(C)c2N)c(C)c1C. The van der Waals surface area contributed by atoms with Crippen LogP contribution in [0.1, 0.15) is 16.7 Å². The summed E-state index contributed by atoms with van der Waals surface area (Å²) in [4.78, 5) is 0. The Kier molecular flexibility index (Phi) is 3.03. The lowest BCUT2D eigenvalue weighted by molar-refractivity contribution is 0.408. The minimum Gasteiger partial charge on any atom is -0.496 e. The number of aromatic nitrogens is 2. The molecular formula is C14H19N3O. The highest BCUT2D eigenvalue weighted by Crippen LogP contribution is 2.36. The molecule has 0 atom stereocenters. The van der Waals surface area contributed by atoms with Crippen molar-refractivity contribution in [3.63, 3.8) is 0 Å². The molecule has 1 aromatic carbocycles. The maximum atomic E-state index is 6.04. The van der Waals surface area contributed by atoms with Crippen molar-refractivity contribution >= 4 is 5.82 Å². The summed E-state index contributed by atoms with van der Waals surface area (Å²) in [7, 11) is 3.55. The van der Waals surface area contributed by atoms with Gasteiger partial charge in [-0.3, -0.25) is 4.68 Å². The largest absolute Gasteiger partial charge is 0.496 e. The number of nitrogen functional groups attached to an aromatic ring is 1. The molecule has 2 aromatic rings. The lowest BCUT2D eigenvalue weighted by atomic mass is 9.95. The topological polar surface area (TPSA) is 53.1 Å². The van der Waals surface area contributed by atoms with Crippen LogP contribution in [0.25, 0.3) is 11.1 Å². The molecule has 0 unspecified atom stereocenters. The number of hydrogen-bond acceptors (Lipinski definition) is 3. The van der Waals surface area contributed by atoms with Gasteiger partial charge in [0.1, 0.15) is 11.6 Å². The number of ether oxygens (including phenoxy) is 1. The molecule has 1 aromatic heterocycles. The van der Waals surface area contributed by atoms with Gasteiger partial charge in [0.2, 0.25) is 0 Å². The van der Waals surface area contributed by atoms with Crippen LogP contribution in [-0.2, 0) is 7.05 Å². The van der Waals surface area contributed by atoms with Crippen molar-refractivity contribution in [2.24, 2.45) is 7.05 Å². The summed E-state index contributed by atoms with van der Waals surface area (Å²) in [5, 5.41) is 4.20. The third kappa shape index (κ3) is 1.74. The summed E-state index contributed by atoms with van der Waals surface area (Å²) in [6, 6.07) is 2.11. The first kappa shape index (κ1) is 12.5. The van der Waals surface area contributed by atoms with Crippen LogP contribution in [0.3, 0.4) is 0 Å². The predicted molar refractivity (Wildman–Crippen MR) is 73.8 cm³/mol. The van der Waals surface area contributed by atoms with Crippen LogP contribution < -0.4 is 10.5 Å². The van der Waals surface area contributed by atoms with Crippen LogP contribution in [-0.4, -0.2) is 16.9 Å². The lowest BCUT2D eigenvalue weighted by Crippen LogP contribution is -2.00. The van der Waals surface area contributed by atoms with Gasteiger partial charge in [-0.15, -0.1) is 0 Å². The molecule has 0 saturated heterocycles. The van der Waals surface area contributed by atoms with Gasteiger partial charge in [0.05, 0.1) is 13.3 Å². The van der Waals surface area contributed by atoms with Gasteiger partial charge in [0.15, 0.2) is 0 Å². The number of hydrogen-bond donors (Lipinski definition) is 1. The number of aryl methyl sites for hydroxylation is 2. The standard InChI is InChI=1S/C14H19N3O/c1-8-6-11(9(2)10(3)13(8)18-5)12-7-16-17(4)14(12)15/h6-7H,15H2,1-5H3. The smallest absolute Gasteiger partial charge is 0.129 e. The van der Waals surface area contributed by atoms with E-state index in [2.05, 4.69) is 25.0 Å². The van der Waals surface area contributed by atoms with Crippen molar-refractivity contribution in [2.45, 2.75) is 20.8 Å². The van der Waals surface area contributed by atoms with E-state index in [1.54, 1.807) is 11.8 Å². The molecule has 1 heterocycles. The third-order valence-electron chi connectivity index (χ3n) is 3.51. The van der Waals surface area contributed by atoms with Crippen molar-refractivity contribution in [1.29, 1.82) is 0 Å². The molecule has 0 spiro atoms. The molecule has 0 saturated carbocycles. The lowest BCUT2D eigenvalue weighted by Gasteiger charge is -2.15. The maximum Gasteiger partial charge on any atom is 0.129 e. The van der Waals surface area contributed by atoms with Crippen LogP contribution in [0, 0.1) is 20.8 Å².